The zero-order chi connectivity index (χ0) is 29.2. The van der Waals surface area contributed by atoms with Crippen molar-refractivity contribution >= 4 is 35.4 Å². The minimum atomic E-state index is -4.77. The molecule has 2 heterocycles. The van der Waals surface area contributed by atoms with Crippen molar-refractivity contribution in [3.05, 3.63) is 59.5 Å². The van der Waals surface area contributed by atoms with E-state index >= 15 is 0 Å². The number of thioether (sulfide) groups is 1. The van der Waals surface area contributed by atoms with E-state index in [1.54, 1.807) is 45.0 Å². The molecule has 2 amide bonds. The molecule has 40 heavy (non-hydrogen) atoms. The summed E-state index contributed by atoms with van der Waals surface area (Å²) >= 11 is 1.32. The standard InChI is InChI=1S/C26H25F3N4O6S/c1-25(2,3)38-24(36)30-17-13-40-19-10-9-16(22(35)37-4)11-18(19)33(21(17)34)12-14-5-7-15(8-6-14)20-31-23(39-32-20)26(27,28)29/h5-11,17H,12-13H2,1-4H3,(H,30,36)/t17-/m0/s1. The largest absolute Gasteiger partial charge is 0.471 e. The third-order valence-corrected chi connectivity index (χ3v) is 6.71. The molecular formula is C26H25F3N4O6S. The molecule has 0 saturated carbocycles. The molecule has 0 saturated heterocycles. The van der Waals surface area contributed by atoms with Crippen LogP contribution >= 0.6 is 11.8 Å². The second-order valence-electron chi connectivity index (χ2n) is 9.73. The third-order valence-electron chi connectivity index (χ3n) is 5.55. The molecule has 3 aromatic rings. The molecule has 10 nitrogen and oxygen atoms in total. The molecule has 0 radical (unpaired) electrons. The average Bonchev–Trinajstić information content (AvgIpc) is 3.35. The second kappa shape index (κ2) is 11.2. The SMILES string of the molecule is COC(=O)c1ccc2c(c1)N(Cc1ccc(-c3noc(C(F)(F)F)n3)cc1)C(=O)[C@@H](NC(=O)OC(C)(C)C)CS2. The number of carbonyl (C=O) groups excluding carboxylic acids is 3. The first-order valence-corrected chi connectivity index (χ1v) is 12.9. The predicted octanol–water partition coefficient (Wildman–Crippen LogP) is 5.07. The highest BCUT2D eigenvalue weighted by molar-refractivity contribution is 7.99. The van der Waals surface area contributed by atoms with Crippen LogP contribution < -0.4 is 10.2 Å². The number of anilines is 1. The maximum Gasteiger partial charge on any atom is 0.471 e. The van der Waals surface area contributed by atoms with Gasteiger partial charge in [0.05, 0.1) is 24.9 Å². The number of esters is 1. The number of rotatable bonds is 5. The Morgan fingerprint density at radius 2 is 1.85 bits per heavy atom. The van der Waals surface area contributed by atoms with Crippen molar-refractivity contribution in [3.8, 4) is 11.4 Å². The van der Waals surface area contributed by atoms with Gasteiger partial charge in [-0.1, -0.05) is 29.4 Å². The van der Waals surface area contributed by atoms with Crippen LogP contribution in [0.2, 0.25) is 0 Å². The Morgan fingerprint density at radius 3 is 2.45 bits per heavy atom. The van der Waals surface area contributed by atoms with Crippen LogP contribution in [-0.4, -0.2) is 52.6 Å². The molecule has 212 valence electrons. The Labute approximate surface area is 231 Å². The number of halogens is 3. The number of hydrogen-bond donors (Lipinski definition) is 1. The molecule has 0 spiro atoms. The number of benzene rings is 2. The third kappa shape index (κ3) is 6.73. The second-order valence-corrected chi connectivity index (χ2v) is 10.8. The van der Waals surface area contributed by atoms with Gasteiger partial charge in [0, 0.05) is 16.2 Å². The molecular weight excluding hydrogens is 553 g/mol. The first kappa shape index (κ1) is 28.9. The van der Waals surface area contributed by atoms with Crippen LogP contribution in [0.3, 0.4) is 0 Å². The molecule has 1 aromatic heterocycles. The van der Waals surface area contributed by atoms with Crippen LogP contribution in [0.1, 0.15) is 42.6 Å². The molecule has 0 bridgehead atoms. The number of amides is 2. The number of methoxy groups -OCH3 is 1. The summed E-state index contributed by atoms with van der Waals surface area (Å²) < 4.78 is 52.9. The Bertz CT molecular complexity index is 1420. The summed E-state index contributed by atoms with van der Waals surface area (Å²) in [6.45, 7) is 5.13. The van der Waals surface area contributed by atoms with E-state index in [0.717, 1.165) is 0 Å². The van der Waals surface area contributed by atoms with Gasteiger partial charge in [0.1, 0.15) is 11.6 Å². The topological polar surface area (TPSA) is 124 Å². The number of ether oxygens (including phenoxy) is 2. The molecule has 0 unspecified atom stereocenters. The van der Waals surface area contributed by atoms with Gasteiger partial charge in [-0.15, -0.1) is 11.8 Å². The van der Waals surface area contributed by atoms with E-state index in [2.05, 4.69) is 20.0 Å². The van der Waals surface area contributed by atoms with Crippen LogP contribution in [-0.2, 0) is 27.0 Å². The number of fused-ring (bicyclic) bond motifs is 1. The average molecular weight is 579 g/mol. The van der Waals surface area contributed by atoms with Crippen LogP contribution in [0.25, 0.3) is 11.4 Å². The van der Waals surface area contributed by atoms with Crippen LogP contribution in [0.4, 0.5) is 23.7 Å². The minimum absolute atomic E-state index is 0.0177. The lowest BCUT2D eigenvalue weighted by Crippen LogP contribution is -2.50. The van der Waals surface area contributed by atoms with Gasteiger partial charge < -0.3 is 24.2 Å². The van der Waals surface area contributed by atoms with Gasteiger partial charge in [0.2, 0.25) is 5.82 Å². The first-order chi connectivity index (χ1) is 18.7. The molecule has 1 N–H and O–H groups in total. The molecule has 1 aliphatic rings. The minimum Gasteiger partial charge on any atom is -0.465 e. The van der Waals surface area contributed by atoms with Crippen molar-refractivity contribution in [1.82, 2.24) is 15.5 Å². The van der Waals surface area contributed by atoms with Crippen molar-refractivity contribution in [3.63, 3.8) is 0 Å². The molecule has 1 aliphatic heterocycles. The smallest absolute Gasteiger partial charge is 0.465 e. The number of hydrogen-bond acceptors (Lipinski definition) is 9. The van der Waals surface area contributed by atoms with E-state index in [4.69, 9.17) is 9.47 Å². The summed E-state index contributed by atoms with van der Waals surface area (Å²) in [5.41, 5.74) is 0.770. The van der Waals surface area contributed by atoms with Crippen LogP contribution in [0.5, 0.6) is 0 Å². The number of carbonyl (C=O) groups is 3. The highest BCUT2D eigenvalue weighted by atomic mass is 32.2. The number of alkyl carbamates (subject to hydrolysis) is 1. The maximum atomic E-state index is 13.7. The Hall–Kier alpha value is -4.07. The van der Waals surface area contributed by atoms with E-state index in [1.165, 1.54) is 42.0 Å². The van der Waals surface area contributed by atoms with Crippen molar-refractivity contribution < 1.29 is 41.6 Å². The quantitative estimate of drug-likeness (QED) is 0.413. The fourth-order valence-corrected chi connectivity index (χ4v) is 4.81. The predicted molar refractivity (Wildman–Crippen MR) is 138 cm³/mol. The molecule has 0 aliphatic carbocycles. The van der Waals surface area contributed by atoms with Gasteiger partial charge in [-0.25, -0.2) is 9.59 Å². The normalized spacial score (nSPS) is 15.7. The van der Waals surface area contributed by atoms with E-state index in [0.29, 0.717) is 16.1 Å². The van der Waals surface area contributed by atoms with Crippen LogP contribution in [0.15, 0.2) is 51.9 Å². The summed E-state index contributed by atoms with van der Waals surface area (Å²) in [5, 5.41) is 6.01. The van der Waals surface area contributed by atoms with Gasteiger partial charge >= 0.3 is 24.1 Å². The van der Waals surface area contributed by atoms with Crippen LogP contribution in [0, 0.1) is 0 Å². The lowest BCUT2D eigenvalue weighted by molar-refractivity contribution is -0.159. The zero-order valence-electron chi connectivity index (χ0n) is 21.9. The number of aromatic nitrogens is 2. The van der Waals surface area contributed by atoms with E-state index in [1.807, 2.05) is 0 Å². The summed E-state index contributed by atoms with van der Waals surface area (Å²) in [4.78, 5) is 43.9. The van der Waals surface area contributed by atoms with E-state index in [-0.39, 0.29) is 29.2 Å². The number of nitrogens with zero attached hydrogens (tertiary/aromatic N) is 3. The maximum absolute atomic E-state index is 13.7. The number of alkyl halides is 3. The Balaban J connectivity index is 1.64. The summed E-state index contributed by atoms with van der Waals surface area (Å²) in [6, 6.07) is 10.1. The number of nitrogens with one attached hydrogen (secondary N) is 1. The van der Waals surface area contributed by atoms with Crippen molar-refractivity contribution in [2.75, 3.05) is 17.8 Å². The Kier molecular flexibility index (Phi) is 8.10. The fourth-order valence-electron chi connectivity index (χ4n) is 3.76. The van der Waals surface area contributed by atoms with Gasteiger partial charge in [-0.2, -0.15) is 18.2 Å². The fraction of sp³-hybridized carbons (Fsp3) is 0.346. The molecule has 1 atom stereocenters. The molecule has 2 aromatic carbocycles. The Morgan fingerprint density at radius 1 is 1.15 bits per heavy atom. The highest BCUT2D eigenvalue weighted by Crippen LogP contribution is 2.37. The van der Waals surface area contributed by atoms with Crippen molar-refractivity contribution in [2.45, 2.75) is 50.0 Å². The molecule has 0 fully saturated rings. The zero-order valence-corrected chi connectivity index (χ0v) is 22.7. The van der Waals surface area contributed by atoms with Gasteiger partial charge in [0.15, 0.2) is 0 Å². The van der Waals surface area contributed by atoms with Gasteiger partial charge in [0.25, 0.3) is 5.91 Å². The monoisotopic (exact) mass is 578 g/mol. The summed E-state index contributed by atoms with van der Waals surface area (Å²) in [5.74, 6) is -2.53. The van der Waals surface area contributed by atoms with Crippen molar-refractivity contribution in [2.24, 2.45) is 0 Å². The highest BCUT2D eigenvalue weighted by Gasteiger charge is 2.38. The summed E-state index contributed by atoms with van der Waals surface area (Å²) in [7, 11) is 1.25. The molecule has 14 heteroatoms. The van der Waals surface area contributed by atoms with Gasteiger partial charge in [-0.05, 0) is 44.5 Å². The molecule has 4 rings (SSSR count). The van der Waals surface area contributed by atoms with Crippen molar-refractivity contribution in [1.29, 1.82) is 0 Å². The lowest BCUT2D eigenvalue weighted by Gasteiger charge is -2.27. The summed E-state index contributed by atoms with van der Waals surface area (Å²) in [6.07, 6.45) is -5.52. The lowest BCUT2D eigenvalue weighted by atomic mass is 10.1. The van der Waals surface area contributed by atoms with Gasteiger partial charge in [-0.3, -0.25) is 4.79 Å². The first-order valence-electron chi connectivity index (χ1n) is 11.9. The van der Waals surface area contributed by atoms with E-state index < -0.39 is 41.7 Å². The van der Waals surface area contributed by atoms with E-state index in [9.17, 15) is 27.6 Å².